The number of hydrogen-bond donors (Lipinski definition) is 1. The highest BCUT2D eigenvalue weighted by molar-refractivity contribution is 5.28. The third-order valence-electron chi connectivity index (χ3n) is 3.81. The van der Waals surface area contributed by atoms with Crippen molar-refractivity contribution in [3.05, 3.63) is 34.9 Å². The first-order chi connectivity index (χ1) is 9.17. The molecule has 1 aliphatic heterocycles. The summed E-state index contributed by atoms with van der Waals surface area (Å²) in [6, 6.07) is 6.87. The molecular formula is C16H27N3. The van der Waals surface area contributed by atoms with Crippen molar-refractivity contribution in [3.63, 3.8) is 0 Å². The van der Waals surface area contributed by atoms with Gasteiger partial charge in [-0.2, -0.15) is 0 Å². The molecule has 19 heavy (non-hydrogen) atoms. The predicted molar refractivity (Wildman–Crippen MR) is 81.3 cm³/mol. The summed E-state index contributed by atoms with van der Waals surface area (Å²) in [7, 11) is 0. The summed E-state index contributed by atoms with van der Waals surface area (Å²) in [6.45, 7) is 12.0. The summed E-state index contributed by atoms with van der Waals surface area (Å²) in [5.41, 5.74) is 9.84. The summed E-state index contributed by atoms with van der Waals surface area (Å²) >= 11 is 0. The van der Waals surface area contributed by atoms with Crippen LogP contribution in [0.4, 0.5) is 0 Å². The van der Waals surface area contributed by atoms with Crippen LogP contribution in [-0.4, -0.2) is 49.1 Å². The molecule has 0 unspecified atom stereocenters. The number of benzene rings is 1. The number of rotatable bonds is 4. The van der Waals surface area contributed by atoms with Crippen molar-refractivity contribution >= 4 is 0 Å². The average molecular weight is 261 g/mol. The predicted octanol–water partition coefficient (Wildman–Crippen LogP) is 1.77. The van der Waals surface area contributed by atoms with Crippen molar-refractivity contribution < 1.29 is 0 Å². The van der Waals surface area contributed by atoms with Gasteiger partial charge in [0.1, 0.15) is 0 Å². The first-order valence-corrected chi connectivity index (χ1v) is 7.39. The molecule has 3 heteroatoms. The Morgan fingerprint density at radius 2 is 1.58 bits per heavy atom. The molecule has 3 nitrogen and oxygen atoms in total. The molecule has 0 radical (unpaired) electrons. The van der Waals surface area contributed by atoms with Gasteiger partial charge in [0.05, 0.1) is 0 Å². The van der Waals surface area contributed by atoms with Crippen LogP contribution in [0.3, 0.4) is 0 Å². The van der Waals surface area contributed by atoms with Gasteiger partial charge in [0, 0.05) is 32.7 Å². The molecule has 0 aromatic heterocycles. The van der Waals surface area contributed by atoms with E-state index in [9.17, 15) is 0 Å². The maximum absolute atomic E-state index is 5.65. The molecule has 1 fully saturated rings. The number of aryl methyl sites for hydroxylation is 2. The first-order valence-electron chi connectivity index (χ1n) is 7.39. The van der Waals surface area contributed by atoms with Gasteiger partial charge in [0.15, 0.2) is 0 Å². The summed E-state index contributed by atoms with van der Waals surface area (Å²) in [4.78, 5) is 5.06. The highest BCUT2D eigenvalue weighted by Gasteiger charge is 2.14. The minimum absolute atomic E-state index is 0.775. The van der Waals surface area contributed by atoms with Gasteiger partial charge in [-0.15, -0.1) is 0 Å². The van der Waals surface area contributed by atoms with Gasteiger partial charge >= 0.3 is 0 Å². The Morgan fingerprint density at radius 3 is 2.26 bits per heavy atom. The van der Waals surface area contributed by atoms with Crippen LogP contribution in [0.2, 0.25) is 0 Å². The van der Waals surface area contributed by atoms with Gasteiger partial charge in [-0.1, -0.05) is 29.3 Å². The van der Waals surface area contributed by atoms with Crippen LogP contribution in [0.15, 0.2) is 18.2 Å². The molecule has 1 aromatic carbocycles. The minimum Gasteiger partial charge on any atom is -0.329 e. The van der Waals surface area contributed by atoms with E-state index in [1.807, 2.05) is 0 Å². The van der Waals surface area contributed by atoms with Crippen LogP contribution >= 0.6 is 0 Å². The molecule has 1 heterocycles. The number of hydrogen-bond acceptors (Lipinski definition) is 3. The van der Waals surface area contributed by atoms with E-state index >= 15 is 0 Å². The second kappa shape index (κ2) is 7.04. The van der Waals surface area contributed by atoms with Crippen molar-refractivity contribution in [1.29, 1.82) is 0 Å². The highest BCUT2D eigenvalue weighted by atomic mass is 15.2. The maximum atomic E-state index is 5.65. The van der Waals surface area contributed by atoms with Gasteiger partial charge < -0.3 is 10.6 Å². The van der Waals surface area contributed by atoms with Gasteiger partial charge in [-0.3, -0.25) is 4.90 Å². The fourth-order valence-electron chi connectivity index (χ4n) is 3.01. The second-order valence-corrected chi connectivity index (χ2v) is 5.76. The van der Waals surface area contributed by atoms with Crippen molar-refractivity contribution in [2.75, 3.05) is 39.3 Å². The maximum Gasteiger partial charge on any atom is 0.0234 e. The molecule has 0 spiro atoms. The lowest BCUT2D eigenvalue weighted by atomic mass is 10.1. The van der Waals surface area contributed by atoms with Crippen LogP contribution < -0.4 is 5.73 Å². The van der Waals surface area contributed by atoms with Crippen molar-refractivity contribution in [2.45, 2.75) is 26.8 Å². The summed E-state index contributed by atoms with van der Waals surface area (Å²) in [6.07, 6.45) is 1.25. The van der Waals surface area contributed by atoms with E-state index in [1.54, 1.807) is 0 Å². The molecule has 1 aliphatic rings. The highest BCUT2D eigenvalue weighted by Crippen LogP contribution is 2.13. The summed E-state index contributed by atoms with van der Waals surface area (Å²) in [5, 5.41) is 0. The van der Waals surface area contributed by atoms with Gasteiger partial charge in [-0.05, 0) is 38.9 Å². The van der Waals surface area contributed by atoms with Crippen molar-refractivity contribution in [3.8, 4) is 0 Å². The van der Waals surface area contributed by atoms with E-state index in [-0.39, 0.29) is 0 Å². The topological polar surface area (TPSA) is 32.5 Å². The van der Waals surface area contributed by atoms with E-state index in [2.05, 4.69) is 41.8 Å². The Balaban J connectivity index is 1.92. The van der Waals surface area contributed by atoms with Crippen LogP contribution in [0, 0.1) is 13.8 Å². The molecule has 106 valence electrons. The monoisotopic (exact) mass is 261 g/mol. The Hall–Kier alpha value is -0.900. The van der Waals surface area contributed by atoms with Crippen LogP contribution in [0.5, 0.6) is 0 Å². The lowest BCUT2D eigenvalue weighted by Gasteiger charge is -2.21. The second-order valence-electron chi connectivity index (χ2n) is 5.76. The Morgan fingerprint density at radius 1 is 0.947 bits per heavy atom. The normalized spacial score (nSPS) is 18.5. The van der Waals surface area contributed by atoms with E-state index in [0.717, 1.165) is 32.7 Å². The third kappa shape index (κ3) is 4.60. The standard InChI is InChI=1S/C16H27N3/c1-14-10-15(2)12-16(11-14)13-19-6-3-5-18(7-4-17)8-9-19/h10-12H,3-9,13,17H2,1-2H3. The zero-order chi connectivity index (χ0) is 13.7. The van der Waals surface area contributed by atoms with Gasteiger partial charge in [0.2, 0.25) is 0 Å². The fourth-order valence-corrected chi connectivity index (χ4v) is 3.01. The zero-order valence-electron chi connectivity index (χ0n) is 12.4. The van der Waals surface area contributed by atoms with E-state index in [1.165, 1.54) is 36.2 Å². The summed E-state index contributed by atoms with van der Waals surface area (Å²) in [5.74, 6) is 0. The van der Waals surface area contributed by atoms with Gasteiger partial charge in [0.25, 0.3) is 0 Å². The van der Waals surface area contributed by atoms with Crippen molar-refractivity contribution in [1.82, 2.24) is 9.80 Å². The molecular weight excluding hydrogens is 234 g/mol. The molecule has 2 rings (SSSR count). The van der Waals surface area contributed by atoms with E-state index in [4.69, 9.17) is 5.73 Å². The smallest absolute Gasteiger partial charge is 0.0234 e. The molecule has 2 N–H and O–H groups in total. The van der Waals surface area contributed by atoms with E-state index in [0.29, 0.717) is 0 Å². The first kappa shape index (κ1) is 14.5. The van der Waals surface area contributed by atoms with Crippen LogP contribution in [0.25, 0.3) is 0 Å². The van der Waals surface area contributed by atoms with Crippen LogP contribution in [-0.2, 0) is 6.54 Å². The Labute approximate surface area is 117 Å². The lowest BCUT2D eigenvalue weighted by molar-refractivity contribution is 0.255. The largest absolute Gasteiger partial charge is 0.329 e. The molecule has 1 saturated heterocycles. The quantitative estimate of drug-likeness (QED) is 0.896. The Bertz CT molecular complexity index is 383. The molecule has 0 bridgehead atoms. The van der Waals surface area contributed by atoms with Gasteiger partial charge in [-0.25, -0.2) is 0 Å². The molecule has 0 saturated carbocycles. The zero-order valence-corrected chi connectivity index (χ0v) is 12.4. The summed E-state index contributed by atoms with van der Waals surface area (Å²) < 4.78 is 0. The SMILES string of the molecule is Cc1cc(C)cc(CN2CCCN(CCN)CC2)c1. The minimum atomic E-state index is 0.775. The lowest BCUT2D eigenvalue weighted by Crippen LogP contribution is -2.33. The Kier molecular flexibility index (Phi) is 5.37. The number of nitrogens with two attached hydrogens (primary N) is 1. The molecule has 0 aliphatic carbocycles. The average Bonchev–Trinajstić information content (AvgIpc) is 2.54. The molecule has 0 atom stereocenters. The molecule has 0 amide bonds. The molecule has 1 aromatic rings. The number of nitrogens with zero attached hydrogens (tertiary/aromatic N) is 2. The van der Waals surface area contributed by atoms with Crippen molar-refractivity contribution in [2.24, 2.45) is 5.73 Å². The fraction of sp³-hybridized carbons (Fsp3) is 0.625. The third-order valence-corrected chi connectivity index (χ3v) is 3.81. The van der Waals surface area contributed by atoms with E-state index < -0.39 is 0 Å². The van der Waals surface area contributed by atoms with Crippen LogP contribution in [0.1, 0.15) is 23.1 Å².